The van der Waals surface area contributed by atoms with Gasteiger partial charge in [0.1, 0.15) is 0 Å². The van der Waals surface area contributed by atoms with Gasteiger partial charge in [-0.3, -0.25) is 0 Å². The zero-order chi connectivity index (χ0) is 13.2. The number of alkyl halides is 3. The quantitative estimate of drug-likeness (QED) is 0.839. The molecule has 94 valence electrons. The lowest BCUT2D eigenvalue weighted by Gasteiger charge is -2.09. The number of carboxylic acid groups (broad SMARTS) is 1. The first-order chi connectivity index (χ1) is 7.70. The molecule has 1 unspecified atom stereocenters. The van der Waals surface area contributed by atoms with Gasteiger partial charge in [-0.2, -0.15) is 13.2 Å². The molecule has 1 aromatic rings. The van der Waals surface area contributed by atoms with Crippen molar-refractivity contribution in [2.75, 3.05) is 0 Å². The highest BCUT2D eigenvalue weighted by Gasteiger charge is 2.36. The first kappa shape index (κ1) is 13.4. The average molecular weight is 250 g/mol. The van der Waals surface area contributed by atoms with Gasteiger partial charge in [0.2, 0.25) is 5.82 Å². The van der Waals surface area contributed by atoms with Crippen LogP contribution in [0.2, 0.25) is 0 Å². The Balaban J connectivity index is 3.24. The van der Waals surface area contributed by atoms with Gasteiger partial charge in [-0.25, -0.2) is 14.8 Å². The van der Waals surface area contributed by atoms with Crippen molar-refractivity contribution in [3.05, 3.63) is 23.3 Å². The molecule has 1 aromatic heterocycles. The third-order valence-electron chi connectivity index (χ3n) is 1.76. The molecule has 8 heteroatoms. The fourth-order valence-corrected chi connectivity index (χ4v) is 1.14. The predicted molar refractivity (Wildman–Crippen MR) is 49.4 cm³/mol. The number of halogens is 3. The van der Waals surface area contributed by atoms with Crippen LogP contribution in [0.3, 0.4) is 0 Å². The minimum atomic E-state index is -4.82. The highest BCUT2D eigenvalue weighted by atomic mass is 19.4. The molecule has 0 fully saturated rings. The van der Waals surface area contributed by atoms with Gasteiger partial charge >= 0.3 is 12.1 Å². The Morgan fingerprint density at radius 1 is 1.47 bits per heavy atom. The Morgan fingerprint density at radius 3 is 2.47 bits per heavy atom. The molecule has 0 saturated carbocycles. The zero-order valence-electron chi connectivity index (χ0n) is 8.69. The third kappa shape index (κ3) is 3.66. The van der Waals surface area contributed by atoms with Crippen LogP contribution >= 0.6 is 0 Å². The molecular weight excluding hydrogens is 241 g/mol. The zero-order valence-corrected chi connectivity index (χ0v) is 8.69. The van der Waals surface area contributed by atoms with Gasteiger partial charge in [0, 0.05) is 12.1 Å². The number of nitrogens with zero attached hydrogens (tertiary/aromatic N) is 2. The van der Waals surface area contributed by atoms with E-state index in [1.165, 1.54) is 6.92 Å². The number of rotatable bonds is 3. The SMILES string of the molecule is CC(O)Cc1cc(C(=O)O)nc(C(F)(F)F)n1. The van der Waals surface area contributed by atoms with E-state index in [0.717, 1.165) is 6.07 Å². The number of hydrogen-bond acceptors (Lipinski definition) is 4. The summed E-state index contributed by atoms with van der Waals surface area (Å²) in [7, 11) is 0. The molecule has 0 amide bonds. The van der Waals surface area contributed by atoms with Crippen molar-refractivity contribution >= 4 is 5.97 Å². The largest absolute Gasteiger partial charge is 0.477 e. The molecular formula is C9H9F3N2O3. The number of carbonyl (C=O) groups is 1. The van der Waals surface area contributed by atoms with E-state index in [9.17, 15) is 18.0 Å². The summed E-state index contributed by atoms with van der Waals surface area (Å²) in [5, 5.41) is 17.7. The summed E-state index contributed by atoms with van der Waals surface area (Å²) in [6.07, 6.45) is -5.92. The second-order valence-corrected chi connectivity index (χ2v) is 3.42. The molecule has 5 nitrogen and oxygen atoms in total. The van der Waals surface area contributed by atoms with Crippen molar-refractivity contribution in [1.82, 2.24) is 9.97 Å². The maximum absolute atomic E-state index is 12.4. The summed E-state index contributed by atoms with van der Waals surface area (Å²) in [4.78, 5) is 16.7. The van der Waals surface area contributed by atoms with E-state index >= 15 is 0 Å². The van der Waals surface area contributed by atoms with Crippen molar-refractivity contribution in [2.45, 2.75) is 25.6 Å². The summed E-state index contributed by atoms with van der Waals surface area (Å²) in [5.74, 6) is -3.10. The monoisotopic (exact) mass is 250 g/mol. The number of aliphatic hydroxyl groups is 1. The fourth-order valence-electron chi connectivity index (χ4n) is 1.14. The first-order valence-corrected chi connectivity index (χ1v) is 4.56. The van der Waals surface area contributed by atoms with E-state index in [2.05, 4.69) is 9.97 Å². The minimum Gasteiger partial charge on any atom is -0.477 e. The van der Waals surface area contributed by atoms with Crippen LogP contribution in [0.25, 0.3) is 0 Å². The van der Waals surface area contributed by atoms with Gasteiger partial charge in [0.25, 0.3) is 0 Å². The van der Waals surface area contributed by atoms with E-state index in [1.807, 2.05) is 0 Å². The Kier molecular flexibility index (Phi) is 3.66. The second kappa shape index (κ2) is 4.66. The number of carboxylic acids is 1. The van der Waals surface area contributed by atoms with Crippen LogP contribution < -0.4 is 0 Å². The molecule has 2 N–H and O–H groups in total. The number of hydrogen-bond donors (Lipinski definition) is 2. The van der Waals surface area contributed by atoms with E-state index in [4.69, 9.17) is 10.2 Å². The van der Waals surface area contributed by atoms with Crippen LogP contribution in [0.1, 0.15) is 28.9 Å². The van der Waals surface area contributed by atoms with E-state index in [0.29, 0.717) is 0 Å². The topological polar surface area (TPSA) is 83.3 Å². The number of aliphatic hydroxyl groups excluding tert-OH is 1. The van der Waals surface area contributed by atoms with Gasteiger partial charge < -0.3 is 10.2 Å². The van der Waals surface area contributed by atoms with E-state index < -0.39 is 29.8 Å². The standard InChI is InChI=1S/C9H9F3N2O3/c1-4(15)2-5-3-6(7(16)17)14-8(13-5)9(10,11)12/h3-4,15H,2H2,1H3,(H,16,17). The van der Waals surface area contributed by atoms with E-state index in [-0.39, 0.29) is 12.1 Å². The molecule has 0 radical (unpaired) electrons. The van der Waals surface area contributed by atoms with Gasteiger partial charge in [-0.05, 0) is 13.0 Å². The molecule has 1 heterocycles. The Labute approximate surface area is 93.9 Å². The van der Waals surface area contributed by atoms with Gasteiger partial charge in [0.05, 0.1) is 6.10 Å². The lowest BCUT2D eigenvalue weighted by molar-refractivity contribution is -0.145. The summed E-state index contributed by atoms with van der Waals surface area (Å²) in [5.41, 5.74) is -0.914. The maximum atomic E-state index is 12.4. The Morgan fingerprint density at radius 2 is 2.06 bits per heavy atom. The van der Waals surface area contributed by atoms with Crippen molar-refractivity contribution in [2.24, 2.45) is 0 Å². The maximum Gasteiger partial charge on any atom is 0.451 e. The van der Waals surface area contributed by atoms with Gasteiger partial charge in [-0.15, -0.1) is 0 Å². The van der Waals surface area contributed by atoms with Crippen LogP contribution in [0.5, 0.6) is 0 Å². The Bertz CT molecular complexity index is 432. The van der Waals surface area contributed by atoms with Crippen LogP contribution in [-0.4, -0.2) is 32.3 Å². The molecule has 1 atom stereocenters. The molecule has 0 aliphatic heterocycles. The van der Waals surface area contributed by atoms with Gasteiger partial charge in [0.15, 0.2) is 5.69 Å². The van der Waals surface area contributed by atoms with E-state index in [1.54, 1.807) is 0 Å². The van der Waals surface area contributed by atoms with Gasteiger partial charge in [-0.1, -0.05) is 0 Å². The van der Waals surface area contributed by atoms with Crippen molar-refractivity contribution < 1.29 is 28.2 Å². The number of aromatic nitrogens is 2. The van der Waals surface area contributed by atoms with Crippen molar-refractivity contribution in [3.63, 3.8) is 0 Å². The van der Waals surface area contributed by atoms with Crippen LogP contribution in [0.15, 0.2) is 6.07 Å². The van der Waals surface area contributed by atoms with Crippen molar-refractivity contribution in [1.29, 1.82) is 0 Å². The lowest BCUT2D eigenvalue weighted by atomic mass is 10.2. The average Bonchev–Trinajstić information content (AvgIpc) is 2.14. The summed E-state index contributed by atoms with van der Waals surface area (Å²) < 4.78 is 37.1. The minimum absolute atomic E-state index is 0.167. The smallest absolute Gasteiger partial charge is 0.451 e. The molecule has 0 spiro atoms. The second-order valence-electron chi connectivity index (χ2n) is 3.42. The van der Waals surface area contributed by atoms with Crippen LogP contribution in [0.4, 0.5) is 13.2 Å². The highest BCUT2D eigenvalue weighted by molar-refractivity contribution is 5.85. The van der Waals surface area contributed by atoms with Crippen molar-refractivity contribution in [3.8, 4) is 0 Å². The molecule has 1 rings (SSSR count). The lowest BCUT2D eigenvalue weighted by Crippen LogP contribution is -2.18. The van der Waals surface area contributed by atoms with Crippen LogP contribution in [0, 0.1) is 0 Å². The molecule has 17 heavy (non-hydrogen) atoms. The molecule has 0 aliphatic rings. The predicted octanol–water partition coefficient (Wildman–Crippen LogP) is 1.12. The molecule has 0 bridgehead atoms. The third-order valence-corrected chi connectivity index (χ3v) is 1.76. The molecule has 0 aliphatic carbocycles. The Hall–Kier alpha value is -1.70. The number of aromatic carboxylic acids is 1. The summed E-state index contributed by atoms with van der Waals surface area (Å²) in [6, 6.07) is 0.907. The summed E-state index contributed by atoms with van der Waals surface area (Å²) in [6.45, 7) is 1.36. The molecule has 0 aromatic carbocycles. The summed E-state index contributed by atoms with van der Waals surface area (Å²) >= 11 is 0. The highest BCUT2D eigenvalue weighted by Crippen LogP contribution is 2.26. The van der Waals surface area contributed by atoms with Crippen LogP contribution in [-0.2, 0) is 12.6 Å². The first-order valence-electron chi connectivity index (χ1n) is 4.56. The normalized spacial score (nSPS) is 13.5. The fraction of sp³-hybridized carbons (Fsp3) is 0.444. The molecule has 0 saturated heterocycles.